The van der Waals surface area contributed by atoms with Gasteiger partial charge in [-0.05, 0) is 52.2 Å². The van der Waals surface area contributed by atoms with E-state index in [0.29, 0.717) is 12.0 Å². The average Bonchev–Trinajstić information content (AvgIpc) is 3.14. The van der Waals surface area contributed by atoms with Gasteiger partial charge in [0.15, 0.2) is 5.96 Å². The maximum Gasteiger partial charge on any atom is 0.191 e. The molecule has 0 spiro atoms. The summed E-state index contributed by atoms with van der Waals surface area (Å²) in [7, 11) is 1.83. The Morgan fingerprint density at radius 3 is 2.76 bits per heavy atom. The van der Waals surface area contributed by atoms with Gasteiger partial charge in [0.25, 0.3) is 0 Å². The second-order valence-electron chi connectivity index (χ2n) is 6.87. The van der Waals surface area contributed by atoms with E-state index in [1.165, 1.54) is 13.0 Å². The van der Waals surface area contributed by atoms with Gasteiger partial charge in [-0.3, -0.25) is 4.99 Å². The minimum Gasteiger partial charge on any atom is -0.381 e. The van der Waals surface area contributed by atoms with Crippen LogP contribution < -0.4 is 10.6 Å². The molecule has 1 heterocycles. The van der Waals surface area contributed by atoms with Gasteiger partial charge in [0.1, 0.15) is 0 Å². The lowest BCUT2D eigenvalue weighted by Crippen LogP contribution is -2.43. The van der Waals surface area contributed by atoms with Crippen LogP contribution in [0.25, 0.3) is 0 Å². The Morgan fingerprint density at radius 1 is 1.32 bits per heavy atom. The highest BCUT2D eigenvalue weighted by atomic mass is 16.5. The van der Waals surface area contributed by atoms with Crippen molar-refractivity contribution in [3.05, 3.63) is 0 Å². The molecule has 2 unspecified atom stereocenters. The monoisotopic (exact) mass is 356 g/mol. The highest BCUT2D eigenvalue weighted by molar-refractivity contribution is 5.79. The molecule has 2 atom stereocenters. The van der Waals surface area contributed by atoms with E-state index in [0.717, 1.165) is 71.3 Å². The summed E-state index contributed by atoms with van der Waals surface area (Å²) in [4.78, 5) is 6.78. The second kappa shape index (κ2) is 14.3. The Labute approximate surface area is 154 Å². The van der Waals surface area contributed by atoms with Crippen molar-refractivity contribution >= 4 is 5.96 Å². The predicted octanol–water partition coefficient (Wildman–Crippen LogP) is 2.11. The summed E-state index contributed by atoms with van der Waals surface area (Å²) in [6.07, 6.45) is 4.50. The third-order valence-corrected chi connectivity index (χ3v) is 4.75. The first kappa shape index (κ1) is 22.2. The lowest BCUT2D eigenvalue weighted by molar-refractivity contribution is 0.0888. The first-order valence-electron chi connectivity index (χ1n) is 10.0. The van der Waals surface area contributed by atoms with Crippen LogP contribution in [0.2, 0.25) is 0 Å². The van der Waals surface area contributed by atoms with Crippen LogP contribution in [0.1, 0.15) is 46.5 Å². The predicted molar refractivity (Wildman–Crippen MR) is 105 cm³/mol. The minimum atomic E-state index is 0.431. The molecule has 1 aliphatic heterocycles. The molecule has 0 radical (unpaired) electrons. The number of nitrogens with zero attached hydrogens (tertiary/aromatic N) is 2. The molecule has 0 aromatic carbocycles. The maximum atomic E-state index is 5.73. The van der Waals surface area contributed by atoms with Crippen molar-refractivity contribution in [2.75, 3.05) is 59.7 Å². The maximum absolute atomic E-state index is 5.73. The molecule has 0 bridgehead atoms. The van der Waals surface area contributed by atoms with E-state index >= 15 is 0 Å². The van der Waals surface area contributed by atoms with Gasteiger partial charge in [-0.25, -0.2) is 0 Å². The highest BCUT2D eigenvalue weighted by Crippen LogP contribution is 2.12. The van der Waals surface area contributed by atoms with Crippen molar-refractivity contribution in [1.29, 1.82) is 0 Å². The van der Waals surface area contributed by atoms with E-state index in [9.17, 15) is 0 Å². The Balaban J connectivity index is 2.02. The molecule has 0 amide bonds. The Morgan fingerprint density at radius 2 is 2.12 bits per heavy atom. The quantitative estimate of drug-likeness (QED) is 0.301. The van der Waals surface area contributed by atoms with Crippen LogP contribution in [0.4, 0.5) is 0 Å². The standard InChI is InChI=1S/C19H40N4O2/c1-5-23(6-2)12-7-9-17(3)22-19(20-4)21-11-8-13-24-15-18-10-14-25-16-18/h17-18H,5-16H2,1-4H3,(H2,20,21,22). The summed E-state index contributed by atoms with van der Waals surface area (Å²) in [5.41, 5.74) is 0. The number of hydrogen-bond donors (Lipinski definition) is 2. The van der Waals surface area contributed by atoms with Crippen molar-refractivity contribution in [3.63, 3.8) is 0 Å². The number of hydrogen-bond acceptors (Lipinski definition) is 4. The minimum absolute atomic E-state index is 0.431. The van der Waals surface area contributed by atoms with Crippen LogP contribution >= 0.6 is 0 Å². The van der Waals surface area contributed by atoms with Crippen molar-refractivity contribution in [2.24, 2.45) is 10.9 Å². The Kier molecular flexibility index (Phi) is 12.7. The van der Waals surface area contributed by atoms with Gasteiger partial charge in [0, 0.05) is 38.8 Å². The van der Waals surface area contributed by atoms with Crippen LogP contribution in [-0.4, -0.2) is 76.6 Å². The molecule has 6 heteroatoms. The topological polar surface area (TPSA) is 58.1 Å². The van der Waals surface area contributed by atoms with Crippen molar-refractivity contribution < 1.29 is 9.47 Å². The zero-order valence-electron chi connectivity index (χ0n) is 16.9. The van der Waals surface area contributed by atoms with E-state index in [1.807, 2.05) is 7.05 Å². The van der Waals surface area contributed by atoms with Crippen LogP contribution in [-0.2, 0) is 9.47 Å². The normalized spacial score (nSPS) is 19.4. The summed E-state index contributed by atoms with van der Waals surface area (Å²) in [5.74, 6) is 1.49. The lowest BCUT2D eigenvalue weighted by atomic mass is 10.1. The SMILES string of the molecule is CCN(CC)CCCC(C)NC(=NC)NCCCOCC1CCOC1. The number of nitrogens with one attached hydrogen (secondary N) is 2. The van der Waals surface area contributed by atoms with Gasteiger partial charge in [0.05, 0.1) is 13.2 Å². The fraction of sp³-hybridized carbons (Fsp3) is 0.947. The lowest BCUT2D eigenvalue weighted by Gasteiger charge is -2.21. The number of aliphatic imine (C=N–C) groups is 1. The molecule has 0 aromatic heterocycles. The van der Waals surface area contributed by atoms with Crippen LogP contribution in [0.5, 0.6) is 0 Å². The molecular weight excluding hydrogens is 316 g/mol. The van der Waals surface area contributed by atoms with Gasteiger partial charge in [-0.1, -0.05) is 13.8 Å². The first-order valence-corrected chi connectivity index (χ1v) is 10.0. The molecule has 0 saturated carbocycles. The van der Waals surface area contributed by atoms with Crippen LogP contribution in [0, 0.1) is 5.92 Å². The molecule has 1 fully saturated rings. The molecular formula is C19H40N4O2. The van der Waals surface area contributed by atoms with Crippen molar-refractivity contribution in [2.45, 2.75) is 52.5 Å². The number of ether oxygens (including phenoxy) is 2. The fourth-order valence-corrected chi connectivity index (χ4v) is 3.01. The Hall–Kier alpha value is -0.850. The van der Waals surface area contributed by atoms with Gasteiger partial charge >= 0.3 is 0 Å². The van der Waals surface area contributed by atoms with E-state index in [2.05, 4.69) is 41.3 Å². The van der Waals surface area contributed by atoms with E-state index in [4.69, 9.17) is 9.47 Å². The first-order chi connectivity index (χ1) is 12.2. The Bertz CT molecular complexity index is 342. The highest BCUT2D eigenvalue weighted by Gasteiger charge is 2.15. The molecule has 2 N–H and O–H groups in total. The molecule has 1 rings (SSSR count). The van der Waals surface area contributed by atoms with Crippen molar-refractivity contribution in [3.8, 4) is 0 Å². The molecule has 148 valence electrons. The number of guanidine groups is 1. The second-order valence-corrected chi connectivity index (χ2v) is 6.87. The summed E-state index contributed by atoms with van der Waals surface area (Å²) < 4.78 is 11.1. The third-order valence-electron chi connectivity index (χ3n) is 4.75. The number of rotatable bonds is 13. The summed E-state index contributed by atoms with van der Waals surface area (Å²) in [6.45, 7) is 14.4. The van der Waals surface area contributed by atoms with Crippen LogP contribution in [0.3, 0.4) is 0 Å². The zero-order valence-corrected chi connectivity index (χ0v) is 16.9. The zero-order chi connectivity index (χ0) is 18.3. The van der Waals surface area contributed by atoms with Crippen molar-refractivity contribution in [1.82, 2.24) is 15.5 Å². The largest absolute Gasteiger partial charge is 0.381 e. The summed E-state index contributed by atoms with van der Waals surface area (Å²) in [5, 5.41) is 6.85. The van der Waals surface area contributed by atoms with E-state index in [-0.39, 0.29) is 0 Å². The van der Waals surface area contributed by atoms with Gasteiger partial charge in [-0.15, -0.1) is 0 Å². The molecule has 6 nitrogen and oxygen atoms in total. The van der Waals surface area contributed by atoms with E-state index in [1.54, 1.807) is 0 Å². The molecule has 0 aliphatic carbocycles. The molecule has 1 saturated heterocycles. The molecule has 0 aromatic rings. The summed E-state index contributed by atoms with van der Waals surface area (Å²) in [6, 6.07) is 0.431. The average molecular weight is 357 g/mol. The third kappa shape index (κ3) is 10.7. The van der Waals surface area contributed by atoms with E-state index < -0.39 is 0 Å². The molecule has 1 aliphatic rings. The fourth-order valence-electron chi connectivity index (χ4n) is 3.01. The smallest absolute Gasteiger partial charge is 0.191 e. The van der Waals surface area contributed by atoms with Gasteiger partial charge < -0.3 is 25.0 Å². The van der Waals surface area contributed by atoms with Gasteiger partial charge in [0.2, 0.25) is 0 Å². The van der Waals surface area contributed by atoms with Gasteiger partial charge in [-0.2, -0.15) is 0 Å². The van der Waals surface area contributed by atoms with Crippen LogP contribution in [0.15, 0.2) is 4.99 Å². The summed E-state index contributed by atoms with van der Waals surface area (Å²) >= 11 is 0. The molecule has 25 heavy (non-hydrogen) atoms.